The van der Waals surface area contributed by atoms with Crippen LogP contribution in [0.25, 0.3) is 0 Å². The van der Waals surface area contributed by atoms with Gasteiger partial charge in [0.05, 0.1) is 6.61 Å². The van der Waals surface area contributed by atoms with E-state index < -0.39 is 0 Å². The first-order valence-corrected chi connectivity index (χ1v) is 6.47. The van der Waals surface area contributed by atoms with Crippen molar-refractivity contribution >= 4 is 15.9 Å². The maximum absolute atomic E-state index is 5.18. The predicted molar refractivity (Wildman–Crippen MR) is 71.6 cm³/mol. The zero-order valence-electron chi connectivity index (χ0n) is 10.2. The first-order valence-electron chi connectivity index (χ1n) is 5.67. The van der Waals surface area contributed by atoms with Crippen LogP contribution >= 0.6 is 15.9 Å². The Morgan fingerprint density at radius 3 is 2.44 bits per heavy atom. The number of halogens is 1. The van der Waals surface area contributed by atoms with Crippen molar-refractivity contribution in [3.8, 4) is 0 Å². The Morgan fingerprint density at radius 2 is 1.94 bits per heavy atom. The van der Waals surface area contributed by atoms with Crippen LogP contribution < -0.4 is 5.32 Å². The third kappa shape index (κ3) is 4.24. The standard InChI is InChI=1S/C13H20BrNO/c1-4-13(9-16-3)15-10(2)11-5-7-12(14)8-6-11/h5-8,10,13,15H,4,9H2,1-3H3/t10-,13?/m0/s1. The zero-order chi connectivity index (χ0) is 12.0. The van der Waals surface area contributed by atoms with Gasteiger partial charge in [-0.2, -0.15) is 0 Å². The van der Waals surface area contributed by atoms with E-state index in [1.807, 2.05) is 0 Å². The molecule has 0 aliphatic rings. The molecule has 1 rings (SSSR count). The molecule has 1 unspecified atom stereocenters. The van der Waals surface area contributed by atoms with Gasteiger partial charge in [0, 0.05) is 23.7 Å². The normalized spacial score (nSPS) is 14.8. The highest BCUT2D eigenvalue weighted by molar-refractivity contribution is 9.10. The van der Waals surface area contributed by atoms with Crippen LogP contribution in [0, 0.1) is 0 Å². The van der Waals surface area contributed by atoms with Crippen LogP contribution in [-0.4, -0.2) is 19.8 Å². The molecule has 0 saturated carbocycles. The van der Waals surface area contributed by atoms with Gasteiger partial charge in [0.25, 0.3) is 0 Å². The molecule has 0 heterocycles. The monoisotopic (exact) mass is 285 g/mol. The summed E-state index contributed by atoms with van der Waals surface area (Å²) in [4.78, 5) is 0. The molecule has 0 aromatic heterocycles. The van der Waals surface area contributed by atoms with E-state index in [-0.39, 0.29) is 0 Å². The molecule has 16 heavy (non-hydrogen) atoms. The molecule has 90 valence electrons. The smallest absolute Gasteiger partial charge is 0.0615 e. The van der Waals surface area contributed by atoms with Gasteiger partial charge >= 0.3 is 0 Å². The quantitative estimate of drug-likeness (QED) is 0.864. The van der Waals surface area contributed by atoms with Crippen LogP contribution in [0.15, 0.2) is 28.7 Å². The van der Waals surface area contributed by atoms with Gasteiger partial charge in [-0.25, -0.2) is 0 Å². The Labute approximate surface area is 107 Å². The third-order valence-corrected chi connectivity index (χ3v) is 3.25. The molecule has 3 heteroatoms. The maximum Gasteiger partial charge on any atom is 0.0615 e. The molecule has 0 amide bonds. The molecule has 2 nitrogen and oxygen atoms in total. The minimum absolute atomic E-state index is 0.355. The van der Waals surface area contributed by atoms with Crippen LogP contribution in [0.3, 0.4) is 0 Å². The van der Waals surface area contributed by atoms with E-state index in [0.29, 0.717) is 12.1 Å². The summed E-state index contributed by atoms with van der Waals surface area (Å²) in [6.07, 6.45) is 1.08. The second-order valence-electron chi connectivity index (χ2n) is 4.00. The molecular formula is C13H20BrNO. The predicted octanol–water partition coefficient (Wildman–Crippen LogP) is 3.52. The van der Waals surface area contributed by atoms with E-state index in [1.54, 1.807) is 7.11 Å². The lowest BCUT2D eigenvalue weighted by atomic mass is 10.1. The molecule has 2 atom stereocenters. The fourth-order valence-electron chi connectivity index (χ4n) is 1.69. The molecule has 0 aliphatic carbocycles. The summed E-state index contributed by atoms with van der Waals surface area (Å²) in [5.74, 6) is 0. The SMILES string of the molecule is CCC(COC)N[C@@H](C)c1ccc(Br)cc1. The van der Waals surface area contributed by atoms with E-state index in [9.17, 15) is 0 Å². The lowest BCUT2D eigenvalue weighted by Gasteiger charge is -2.22. The second kappa shape index (κ2) is 7.05. The highest BCUT2D eigenvalue weighted by atomic mass is 79.9. The number of nitrogens with one attached hydrogen (secondary N) is 1. The molecule has 0 aliphatic heterocycles. The highest BCUT2D eigenvalue weighted by Crippen LogP contribution is 2.17. The Balaban J connectivity index is 2.56. The number of methoxy groups -OCH3 is 1. The van der Waals surface area contributed by atoms with Gasteiger partial charge in [-0.3, -0.25) is 0 Å². The van der Waals surface area contributed by atoms with Gasteiger partial charge in [-0.05, 0) is 31.0 Å². The first kappa shape index (κ1) is 13.7. The summed E-state index contributed by atoms with van der Waals surface area (Å²) in [5.41, 5.74) is 1.30. The molecule has 0 spiro atoms. The summed E-state index contributed by atoms with van der Waals surface area (Å²) in [6.45, 7) is 5.11. The first-order chi connectivity index (χ1) is 7.67. The summed E-state index contributed by atoms with van der Waals surface area (Å²) < 4.78 is 6.30. The molecule has 0 bridgehead atoms. The lowest BCUT2D eigenvalue weighted by molar-refractivity contribution is 0.159. The highest BCUT2D eigenvalue weighted by Gasteiger charge is 2.11. The van der Waals surface area contributed by atoms with Crippen LogP contribution in [0.1, 0.15) is 31.9 Å². The van der Waals surface area contributed by atoms with Crippen LogP contribution in [0.2, 0.25) is 0 Å². The fourth-order valence-corrected chi connectivity index (χ4v) is 1.95. The van der Waals surface area contributed by atoms with E-state index in [0.717, 1.165) is 17.5 Å². The van der Waals surface area contributed by atoms with Crippen molar-refractivity contribution in [1.82, 2.24) is 5.32 Å². The molecule has 1 aromatic rings. The molecule has 0 saturated heterocycles. The average molecular weight is 286 g/mol. The summed E-state index contributed by atoms with van der Waals surface area (Å²) in [7, 11) is 1.74. The zero-order valence-corrected chi connectivity index (χ0v) is 11.8. The summed E-state index contributed by atoms with van der Waals surface area (Å²) in [6, 6.07) is 9.20. The van der Waals surface area contributed by atoms with Crippen molar-refractivity contribution in [2.75, 3.05) is 13.7 Å². The number of hydrogen-bond donors (Lipinski definition) is 1. The maximum atomic E-state index is 5.18. The van der Waals surface area contributed by atoms with E-state index >= 15 is 0 Å². The molecule has 1 aromatic carbocycles. The van der Waals surface area contributed by atoms with Crippen LogP contribution in [-0.2, 0) is 4.74 Å². The number of hydrogen-bond acceptors (Lipinski definition) is 2. The van der Waals surface area contributed by atoms with E-state index in [4.69, 9.17) is 4.74 Å². The lowest BCUT2D eigenvalue weighted by Crippen LogP contribution is -2.34. The van der Waals surface area contributed by atoms with Gasteiger partial charge in [-0.1, -0.05) is 35.0 Å². The Morgan fingerprint density at radius 1 is 1.31 bits per heavy atom. The minimum atomic E-state index is 0.355. The van der Waals surface area contributed by atoms with Gasteiger partial charge in [0.15, 0.2) is 0 Å². The van der Waals surface area contributed by atoms with E-state index in [1.165, 1.54) is 5.56 Å². The Hall–Kier alpha value is -0.380. The van der Waals surface area contributed by atoms with E-state index in [2.05, 4.69) is 59.4 Å². The molecule has 0 radical (unpaired) electrons. The Bertz CT molecular complexity index is 299. The van der Waals surface area contributed by atoms with Crippen molar-refractivity contribution in [3.63, 3.8) is 0 Å². The minimum Gasteiger partial charge on any atom is -0.383 e. The molecule has 0 fully saturated rings. The van der Waals surface area contributed by atoms with Crippen LogP contribution in [0.4, 0.5) is 0 Å². The number of rotatable bonds is 6. The summed E-state index contributed by atoms with van der Waals surface area (Å²) >= 11 is 3.44. The largest absolute Gasteiger partial charge is 0.383 e. The van der Waals surface area contributed by atoms with Gasteiger partial charge < -0.3 is 10.1 Å². The van der Waals surface area contributed by atoms with Crippen molar-refractivity contribution in [2.45, 2.75) is 32.4 Å². The van der Waals surface area contributed by atoms with Crippen molar-refractivity contribution in [2.24, 2.45) is 0 Å². The number of benzene rings is 1. The van der Waals surface area contributed by atoms with Crippen molar-refractivity contribution < 1.29 is 4.74 Å². The molecular weight excluding hydrogens is 266 g/mol. The van der Waals surface area contributed by atoms with Gasteiger partial charge in [0.1, 0.15) is 0 Å². The van der Waals surface area contributed by atoms with Gasteiger partial charge in [-0.15, -0.1) is 0 Å². The average Bonchev–Trinajstić information content (AvgIpc) is 2.29. The third-order valence-electron chi connectivity index (χ3n) is 2.72. The van der Waals surface area contributed by atoms with Crippen LogP contribution in [0.5, 0.6) is 0 Å². The van der Waals surface area contributed by atoms with Gasteiger partial charge in [0.2, 0.25) is 0 Å². The topological polar surface area (TPSA) is 21.3 Å². The fraction of sp³-hybridized carbons (Fsp3) is 0.538. The van der Waals surface area contributed by atoms with Crippen molar-refractivity contribution in [3.05, 3.63) is 34.3 Å². The van der Waals surface area contributed by atoms with Crippen molar-refractivity contribution in [1.29, 1.82) is 0 Å². The number of ether oxygens (including phenoxy) is 1. The second-order valence-corrected chi connectivity index (χ2v) is 4.92. The Kier molecular flexibility index (Phi) is 6.03. The molecule has 1 N–H and O–H groups in total. The summed E-state index contributed by atoms with van der Waals surface area (Å²) in [5, 5.41) is 3.56.